The largest absolute Gasteiger partial charge is 0.279 e. The second-order valence-corrected chi connectivity index (χ2v) is 8.34. The molecular formula is C16H15N3O3S2. The van der Waals surface area contributed by atoms with Gasteiger partial charge in [-0.05, 0) is 49.2 Å². The molecule has 2 heterocycles. The summed E-state index contributed by atoms with van der Waals surface area (Å²) < 4.78 is 28.0. The lowest BCUT2D eigenvalue weighted by molar-refractivity contribution is 0.603. The molecule has 0 radical (unpaired) electrons. The van der Waals surface area contributed by atoms with E-state index in [1.165, 1.54) is 12.1 Å². The Hall–Kier alpha value is -2.45. The molecule has 0 aliphatic rings. The summed E-state index contributed by atoms with van der Waals surface area (Å²) in [7, 11) is -3.68. The molecule has 124 valence electrons. The molecule has 3 rings (SSSR count). The zero-order chi connectivity index (χ0) is 17.3. The zero-order valence-electron chi connectivity index (χ0n) is 13.0. The minimum Gasteiger partial charge on any atom is -0.279 e. The molecule has 24 heavy (non-hydrogen) atoms. The van der Waals surface area contributed by atoms with Crippen LogP contribution < -0.4 is 10.3 Å². The van der Waals surface area contributed by atoms with E-state index >= 15 is 0 Å². The minimum absolute atomic E-state index is 0.186. The van der Waals surface area contributed by atoms with Gasteiger partial charge in [0, 0.05) is 6.07 Å². The van der Waals surface area contributed by atoms with E-state index in [1.54, 1.807) is 18.2 Å². The number of aromatic nitrogens is 2. The number of benzene rings is 1. The molecule has 0 saturated heterocycles. The number of aryl methyl sites for hydroxylation is 2. The van der Waals surface area contributed by atoms with Gasteiger partial charge in [0.05, 0.1) is 10.6 Å². The summed E-state index contributed by atoms with van der Waals surface area (Å²) in [6, 6.07) is 11.7. The first-order valence-electron chi connectivity index (χ1n) is 7.11. The lowest BCUT2D eigenvalue weighted by Gasteiger charge is -2.10. The van der Waals surface area contributed by atoms with Crippen molar-refractivity contribution in [3.8, 4) is 10.6 Å². The minimum atomic E-state index is -3.68. The van der Waals surface area contributed by atoms with Gasteiger partial charge < -0.3 is 0 Å². The molecule has 0 bridgehead atoms. The molecule has 0 spiro atoms. The molecule has 6 nitrogen and oxygen atoms in total. The molecule has 8 heteroatoms. The molecule has 2 N–H and O–H groups in total. The van der Waals surface area contributed by atoms with Gasteiger partial charge in [-0.25, -0.2) is 13.5 Å². The van der Waals surface area contributed by atoms with Crippen LogP contribution in [0, 0.1) is 13.8 Å². The number of rotatable bonds is 4. The number of H-pyrrole nitrogens is 1. The highest BCUT2D eigenvalue weighted by molar-refractivity contribution is 7.94. The Kier molecular flexibility index (Phi) is 4.25. The number of hydrogen-bond donors (Lipinski definition) is 2. The predicted octanol–water partition coefficient (Wildman–Crippen LogP) is 2.92. The van der Waals surface area contributed by atoms with Crippen LogP contribution in [0.5, 0.6) is 0 Å². The van der Waals surface area contributed by atoms with Crippen molar-refractivity contribution in [3.05, 3.63) is 63.9 Å². The molecule has 1 aromatic carbocycles. The molecule has 0 aliphatic carbocycles. The Labute approximate surface area is 143 Å². The van der Waals surface area contributed by atoms with Gasteiger partial charge in [-0.3, -0.25) is 9.52 Å². The van der Waals surface area contributed by atoms with Crippen molar-refractivity contribution in [3.63, 3.8) is 0 Å². The fraction of sp³-hybridized carbons (Fsp3) is 0.125. The summed E-state index contributed by atoms with van der Waals surface area (Å²) in [6.45, 7) is 3.75. The highest BCUT2D eigenvalue weighted by atomic mass is 32.2. The third-order valence-electron chi connectivity index (χ3n) is 3.42. The van der Waals surface area contributed by atoms with Gasteiger partial charge in [0.15, 0.2) is 0 Å². The topological polar surface area (TPSA) is 91.9 Å². The number of nitrogens with zero attached hydrogens (tertiary/aromatic N) is 1. The van der Waals surface area contributed by atoms with Crippen LogP contribution in [0.15, 0.2) is 51.5 Å². The zero-order valence-corrected chi connectivity index (χ0v) is 14.7. The van der Waals surface area contributed by atoms with E-state index in [9.17, 15) is 13.2 Å². The highest BCUT2D eigenvalue weighted by Gasteiger charge is 2.19. The molecular weight excluding hydrogens is 346 g/mol. The molecule has 0 aliphatic heterocycles. The molecule has 3 aromatic rings. The number of aromatic amines is 1. The molecule has 2 aromatic heterocycles. The van der Waals surface area contributed by atoms with E-state index in [0.29, 0.717) is 16.3 Å². The number of hydrogen-bond acceptors (Lipinski definition) is 5. The maximum absolute atomic E-state index is 12.6. The summed E-state index contributed by atoms with van der Waals surface area (Å²) in [4.78, 5) is 11.7. The molecule has 0 fully saturated rings. The SMILES string of the molecule is Cc1ccc(C)c(NS(=O)(=O)c2ccc(-c3ccc(=O)[nH]n3)s2)c1. The van der Waals surface area contributed by atoms with Gasteiger partial charge in [-0.2, -0.15) is 5.10 Å². The van der Waals surface area contributed by atoms with Crippen molar-refractivity contribution in [2.24, 2.45) is 0 Å². The van der Waals surface area contributed by atoms with E-state index in [0.717, 1.165) is 22.5 Å². The van der Waals surface area contributed by atoms with Crippen molar-refractivity contribution >= 4 is 27.0 Å². The van der Waals surface area contributed by atoms with Crippen LogP contribution in [0.3, 0.4) is 0 Å². The normalized spacial score (nSPS) is 11.4. The van der Waals surface area contributed by atoms with Crippen molar-refractivity contribution in [2.45, 2.75) is 18.1 Å². The summed E-state index contributed by atoms with van der Waals surface area (Å²) in [6.07, 6.45) is 0. The van der Waals surface area contributed by atoms with Crippen LogP contribution in [0.25, 0.3) is 10.6 Å². The van der Waals surface area contributed by atoms with Gasteiger partial charge in [0.2, 0.25) is 0 Å². The van der Waals surface area contributed by atoms with Crippen molar-refractivity contribution < 1.29 is 8.42 Å². The van der Waals surface area contributed by atoms with Crippen LogP contribution in [0.1, 0.15) is 11.1 Å². The summed E-state index contributed by atoms with van der Waals surface area (Å²) in [5.41, 5.74) is 2.60. The van der Waals surface area contributed by atoms with Gasteiger partial charge in [0.25, 0.3) is 15.6 Å². The third kappa shape index (κ3) is 3.39. The quantitative estimate of drug-likeness (QED) is 0.747. The first-order valence-corrected chi connectivity index (χ1v) is 9.41. The number of thiophene rings is 1. The van der Waals surface area contributed by atoms with Gasteiger partial charge in [-0.1, -0.05) is 12.1 Å². The lowest BCUT2D eigenvalue weighted by atomic mass is 10.1. The van der Waals surface area contributed by atoms with Gasteiger partial charge in [-0.15, -0.1) is 11.3 Å². The Balaban J connectivity index is 1.92. The summed E-state index contributed by atoms with van der Waals surface area (Å²) in [5, 5.41) is 6.25. The van der Waals surface area contributed by atoms with Gasteiger partial charge >= 0.3 is 0 Å². The van der Waals surface area contributed by atoms with Crippen molar-refractivity contribution in [1.82, 2.24) is 10.2 Å². The highest BCUT2D eigenvalue weighted by Crippen LogP contribution is 2.30. The Bertz CT molecular complexity index is 1030. The summed E-state index contributed by atoms with van der Waals surface area (Å²) >= 11 is 1.09. The summed E-state index contributed by atoms with van der Waals surface area (Å²) in [5.74, 6) is 0. The third-order valence-corrected chi connectivity index (χ3v) is 6.38. The number of sulfonamides is 1. The molecule has 0 atom stereocenters. The predicted molar refractivity (Wildman–Crippen MR) is 94.9 cm³/mol. The Morgan fingerprint density at radius 3 is 2.58 bits per heavy atom. The van der Waals surface area contributed by atoms with Crippen LogP contribution in [-0.4, -0.2) is 18.6 Å². The number of anilines is 1. The first kappa shape index (κ1) is 16.4. The molecule has 0 amide bonds. The van der Waals surface area contributed by atoms with E-state index in [-0.39, 0.29) is 9.77 Å². The average molecular weight is 361 g/mol. The Morgan fingerprint density at radius 2 is 1.88 bits per heavy atom. The van der Waals surface area contributed by atoms with E-state index in [1.807, 2.05) is 26.0 Å². The van der Waals surface area contributed by atoms with Crippen LogP contribution in [-0.2, 0) is 10.0 Å². The van der Waals surface area contributed by atoms with Crippen LogP contribution in [0.4, 0.5) is 5.69 Å². The van der Waals surface area contributed by atoms with E-state index in [2.05, 4.69) is 14.9 Å². The van der Waals surface area contributed by atoms with Crippen molar-refractivity contribution in [2.75, 3.05) is 4.72 Å². The smallest absolute Gasteiger partial charge is 0.271 e. The van der Waals surface area contributed by atoms with E-state index in [4.69, 9.17) is 0 Å². The van der Waals surface area contributed by atoms with Gasteiger partial charge in [0.1, 0.15) is 9.90 Å². The van der Waals surface area contributed by atoms with Crippen LogP contribution in [0.2, 0.25) is 0 Å². The molecule has 0 saturated carbocycles. The number of nitrogens with one attached hydrogen (secondary N) is 2. The second kappa shape index (κ2) is 6.21. The fourth-order valence-electron chi connectivity index (χ4n) is 2.12. The second-order valence-electron chi connectivity index (χ2n) is 5.35. The lowest BCUT2D eigenvalue weighted by Crippen LogP contribution is -2.12. The van der Waals surface area contributed by atoms with Crippen molar-refractivity contribution in [1.29, 1.82) is 0 Å². The fourth-order valence-corrected chi connectivity index (χ4v) is 4.52. The van der Waals surface area contributed by atoms with E-state index < -0.39 is 10.0 Å². The maximum Gasteiger partial charge on any atom is 0.271 e. The standard InChI is InChI=1S/C16H15N3O3S2/c1-10-3-4-11(2)13(9-10)19-24(21,22)16-8-6-14(23-16)12-5-7-15(20)18-17-12/h3-9,19H,1-2H3,(H,18,20). The molecule has 0 unspecified atom stereocenters. The first-order chi connectivity index (χ1) is 11.3. The maximum atomic E-state index is 12.6. The average Bonchev–Trinajstić information content (AvgIpc) is 3.02. The monoisotopic (exact) mass is 361 g/mol. The van der Waals surface area contributed by atoms with Crippen LogP contribution >= 0.6 is 11.3 Å². The Morgan fingerprint density at radius 1 is 1.08 bits per heavy atom.